The highest BCUT2D eigenvalue weighted by Gasteiger charge is 2.42. The fraction of sp³-hybridized carbons (Fsp3) is 0.588. The zero-order valence-electron chi connectivity index (χ0n) is 12.8. The number of ether oxygens (including phenoxy) is 1. The number of methoxy groups -OCH3 is 1. The molecular weight excluding hydrogens is 264 g/mol. The fourth-order valence-corrected chi connectivity index (χ4v) is 4.13. The summed E-state index contributed by atoms with van der Waals surface area (Å²) in [5, 5.41) is 5.99. The molecule has 0 heterocycles. The van der Waals surface area contributed by atoms with Crippen LogP contribution in [0.2, 0.25) is 0 Å². The minimum Gasteiger partial charge on any atom is -0.495 e. The number of amides is 2. The van der Waals surface area contributed by atoms with Gasteiger partial charge in [-0.15, -0.1) is 0 Å². The van der Waals surface area contributed by atoms with Crippen LogP contribution in [0.4, 0.5) is 10.5 Å². The minimum atomic E-state index is -0.144. The van der Waals surface area contributed by atoms with Crippen LogP contribution in [0, 0.1) is 17.8 Å². The third kappa shape index (κ3) is 2.99. The molecule has 0 spiro atoms. The van der Waals surface area contributed by atoms with Crippen LogP contribution in [0.1, 0.15) is 32.6 Å². The summed E-state index contributed by atoms with van der Waals surface area (Å²) in [6, 6.07) is 7.55. The van der Waals surface area contributed by atoms with Gasteiger partial charge in [0.25, 0.3) is 0 Å². The maximum Gasteiger partial charge on any atom is 0.319 e. The summed E-state index contributed by atoms with van der Waals surface area (Å²) in [5.74, 6) is 3.05. The second-order valence-corrected chi connectivity index (χ2v) is 6.43. The van der Waals surface area contributed by atoms with Crippen molar-refractivity contribution in [1.29, 1.82) is 0 Å². The molecule has 0 radical (unpaired) electrons. The summed E-state index contributed by atoms with van der Waals surface area (Å²) in [6.07, 6.45) is 5.38. The molecule has 1 aromatic carbocycles. The number of carbonyl (C=O) groups excluding carboxylic acids is 1. The van der Waals surface area contributed by atoms with Gasteiger partial charge in [0.1, 0.15) is 5.75 Å². The van der Waals surface area contributed by atoms with Crippen molar-refractivity contribution in [3.63, 3.8) is 0 Å². The first-order chi connectivity index (χ1) is 10.2. The molecule has 2 fully saturated rings. The lowest BCUT2D eigenvalue weighted by Gasteiger charge is -2.28. The number of fused-ring (bicyclic) bond motifs is 2. The van der Waals surface area contributed by atoms with E-state index in [9.17, 15) is 4.79 Å². The topological polar surface area (TPSA) is 50.4 Å². The molecule has 2 N–H and O–H groups in total. The van der Waals surface area contributed by atoms with E-state index in [1.165, 1.54) is 25.7 Å². The van der Waals surface area contributed by atoms with Gasteiger partial charge in [-0.1, -0.05) is 18.6 Å². The van der Waals surface area contributed by atoms with Gasteiger partial charge in [-0.05, 0) is 56.1 Å². The van der Waals surface area contributed by atoms with Gasteiger partial charge in [0.2, 0.25) is 0 Å². The molecule has 3 rings (SSSR count). The summed E-state index contributed by atoms with van der Waals surface area (Å²) in [6.45, 7) is 2.13. The zero-order valence-corrected chi connectivity index (χ0v) is 12.8. The Bertz CT molecular complexity index is 517. The Morgan fingerprint density at radius 2 is 2.10 bits per heavy atom. The van der Waals surface area contributed by atoms with Crippen LogP contribution >= 0.6 is 0 Å². The summed E-state index contributed by atoms with van der Waals surface area (Å²) < 4.78 is 5.25. The zero-order chi connectivity index (χ0) is 14.8. The molecule has 4 atom stereocenters. The quantitative estimate of drug-likeness (QED) is 0.888. The summed E-state index contributed by atoms with van der Waals surface area (Å²) in [4.78, 5) is 12.2. The maximum atomic E-state index is 12.2. The van der Waals surface area contributed by atoms with E-state index in [1.807, 2.05) is 24.3 Å². The van der Waals surface area contributed by atoms with Crippen LogP contribution in [-0.4, -0.2) is 19.2 Å². The van der Waals surface area contributed by atoms with Gasteiger partial charge in [0.15, 0.2) is 0 Å². The Morgan fingerprint density at radius 1 is 1.29 bits per heavy atom. The van der Waals surface area contributed by atoms with Gasteiger partial charge < -0.3 is 15.4 Å². The molecule has 4 nitrogen and oxygen atoms in total. The average molecular weight is 288 g/mol. The lowest BCUT2D eigenvalue weighted by Crippen LogP contribution is -2.42. The van der Waals surface area contributed by atoms with E-state index in [0.29, 0.717) is 17.4 Å². The van der Waals surface area contributed by atoms with Gasteiger partial charge in [-0.3, -0.25) is 0 Å². The number of urea groups is 1. The number of hydrogen-bond donors (Lipinski definition) is 2. The van der Waals surface area contributed by atoms with Gasteiger partial charge in [0.05, 0.1) is 12.8 Å². The summed E-state index contributed by atoms with van der Waals surface area (Å²) in [7, 11) is 1.61. The van der Waals surface area contributed by atoms with Crippen molar-refractivity contribution in [2.24, 2.45) is 17.8 Å². The Kier molecular flexibility index (Phi) is 4.04. The highest BCUT2D eigenvalue weighted by atomic mass is 16.5. The largest absolute Gasteiger partial charge is 0.495 e. The number of benzene rings is 1. The number of nitrogens with one attached hydrogen (secondary N) is 2. The third-order valence-electron chi connectivity index (χ3n) is 5.15. The number of anilines is 1. The lowest BCUT2D eigenvalue weighted by molar-refractivity contribution is 0.230. The molecule has 0 unspecified atom stereocenters. The van der Waals surface area contributed by atoms with E-state index >= 15 is 0 Å². The van der Waals surface area contributed by atoms with E-state index in [1.54, 1.807) is 7.11 Å². The second-order valence-electron chi connectivity index (χ2n) is 6.43. The van der Waals surface area contributed by atoms with Crippen LogP contribution in [-0.2, 0) is 0 Å². The monoisotopic (exact) mass is 288 g/mol. The van der Waals surface area contributed by atoms with Crippen molar-refractivity contribution >= 4 is 11.7 Å². The van der Waals surface area contributed by atoms with Crippen molar-refractivity contribution < 1.29 is 9.53 Å². The van der Waals surface area contributed by atoms with Crippen molar-refractivity contribution in [1.82, 2.24) is 5.32 Å². The highest BCUT2D eigenvalue weighted by Crippen LogP contribution is 2.49. The van der Waals surface area contributed by atoms with Crippen molar-refractivity contribution in [2.45, 2.75) is 38.6 Å². The standard InChI is InChI=1S/C17H24N2O2/c1-11(14-10-12-7-8-13(14)9-12)18-17(20)19-15-5-3-4-6-16(15)21-2/h3-6,11-14H,7-10H2,1-2H3,(H2,18,19,20)/t11-,12-,13-,14+/m1/s1. The van der Waals surface area contributed by atoms with Crippen molar-refractivity contribution in [2.75, 3.05) is 12.4 Å². The van der Waals surface area contributed by atoms with Gasteiger partial charge in [-0.25, -0.2) is 4.79 Å². The first kappa shape index (κ1) is 14.2. The molecule has 2 aliphatic rings. The number of carbonyl (C=O) groups is 1. The van der Waals surface area contributed by atoms with Crippen LogP contribution < -0.4 is 15.4 Å². The molecule has 21 heavy (non-hydrogen) atoms. The predicted molar refractivity (Wildman–Crippen MR) is 83.5 cm³/mol. The SMILES string of the molecule is COc1ccccc1NC(=O)N[C@H](C)[C@@H]1C[C@@H]2CC[C@@H]1C2. The second kappa shape index (κ2) is 5.96. The molecule has 0 aliphatic heterocycles. The number of rotatable bonds is 4. The van der Waals surface area contributed by atoms with Crippen LogP contribution in [0.25, 0.3) is 0 Å². The summed E-state index contributed by atoms with van der Waals surface area (Å²) >= 11 is 0. The van der Waals surface area contributed by atoms with Gasteiger partial charge >= 0.3 is 6.03 Å². The molecule has 1 aromatic rings. The fourth-order valence-electron chi connectivity index (χ4n) is 4.13. The smallest absolute Gasteiger partial charge is 0.319 e. The van der Waals surface area contributed by atoms with E-state index in [-0.39, 0.29) is 12.1 Å². The lowest BCUT2D eigenvalue weighted by atomic mass is 9.84. The first-order valence-corrected chi connectivity index (χ1v) is 7.88. The van der Waals surface area contributed by atoms with Gasteiger partial charge in [0, 0.05) is 6.04 Å². The molecule has 2 amide bonds. The molecular formula is C17H24N2O2. The van der Waals surface area contributed by atoms with Crippen molar-refractivity contribution in [3.05, 3.63) is 24.3 Å². The van der Waals surface area contributed by atoms with E-state index in [2.05, 4.69) is 17.6 Å². The molecule has 2 aliphatic carbocycles. The highest BCUT2D eigenvalue weighted by molar-refractivity contribution is 5.91. The first-order valence-electron chi connectivity index (χ1n) is 7.88. The van der Waals surface area contributed by atoms with E-state index < -0.39 is 0 Å². The Labute approximate surface area is 126 Å². The van der Waals surface area contributed by atoms with Crippen LogP contribution in [0.5, 0.6) is 5.75 Å². The molecule has 2 saturated carbocycles. The molecule has 4 heteroatoms. The van der Waals surface area contributed by atoms with Crippen LogP contribution in [0.3, 0.4) is 0 Å². The Hall–Kier alpha value is -1.71. The van der Waals surface area contributed by atoms with Crippen molar-refractivity contribution in [3.8, 4) is 5.75 Å². The summed E-state index contributed by atoms with van der Waals surface area (Å²) in [5.41, 5.74) is 0.706. The number of para-hydroxylation sites is 2. The minimum absolute atomic E-state index is 0.144. The average Bonchev–Trinajstić information content (AvgIpc) is 3.10. The van der Waals surface area contributed by atoms with Gasteiger partial charge in [-0.2, -0.15) is 0 Å². The Morgan fingerprint density at radius 3 is 2.76 bits per heavy atom. The predicted octanol–water partition coefficient (Wildman–Crippen LogP) is 3.64. The molecule has 2 bridgehead atoms. The maximum absolute atomic E-state index is 12.2. The van der Waals surface area contributed by atoms with E-state index in [0.717, 1.165) is 11.8 Å². The normalized spacial score (nSPS) is 28.2. The van der Waals surface area contributed by atoms with E-state index in [4.69, 9.17) is 4.74 Å². The third-order valence-corrected chi connectivity index (χ3v) is 5.15. The molecule has 114 valence electrons. The number of hydrogen-bond acceptors (Lipinski definition) is 2. The Balaban J connectivity index is 1.56. The van der Waals surface area contributed by atoms with Crippen LogP contribution in [0.15, 0.2) is 24.3 Å². The molecule has 0 aromatic heterocycles. The molecule has 0 saturated heterocycles.